The van der Waals surface area contributed by atoms with Gasteiger partial charge in [-0.3, -0.25) is 0 Å². The topological polar surface area (TPSA) is 35.2 Å². The lowest BCUT2D eigenvalue weighted by molar-refractivity contribution is 0.213. The van der Waals surface area contributed by atoms with E-state index >= 15 is 0 Å². The monoisotopic (exact) mass is 245 g/mol. The van der Waals surface area contributed by atoms with Crippen LogP contribution in [0.2, 0.25) is 0 Å². The van der Waals surface area contributed by atoms with Crippen molar-refractivity contribution >= 4 is 0 Å². The van der Waals surface area contributed by atoms with Gasteiger partial charge in [-0.05, 0) is 24.6 Å². The Morgan fingerprint density at radius 1 is 1.17 bits per heavy atom. The summed E-state index contributed by atoms with van der Waals surface area (Å²) in [5, 5.41) is 0. The molecule has 2 rings (SSSR count). The summed E-state index contributed by atoms with van der Waals surface area (Å²) >= 11 is 0. The molecule has 0 aliphatic heterocycles. The highest BCUT2D eigenvalue weighted by atomic mass is 19.1. The van der Waals surface area contributed by atoms with Gasteiger partial charge in [0, 0.05) is 12.6 Å². The lowest BCUT2D eigenvalue weighted by Gasteiger charge is -2.18. The van der Waals surface area contributed by atoms with Crippen LogP contribution in [0.4, 0.5) is 4.39 Å². The second-order valence-electron chi connectivity index (χ2n) is 4.21. The fraction of sp³-hybridized carbons (Fsp3) is 0.200. The van der Waals surface area contributed by atoms with E-state index in [0.717, 1.165) is 11.1 Å². The van der Waals surface area contributed by atoms with Gasteiger partial charge in [-0.15, -0.1) is 0 Å². The minimum atomic E-state index is -0.312. The summed E-state index contributed by atoms with van der Waals surface area (Å²) in [6, 6.07) is 14.0. The van der Waals surface area contributed by atoms with Crippen molar-refractivity contribution in [2.75, 3.05) is 6.54 Å². The second kappa shape index (κ2) is 5.65. The summed E-state index contributed by atoms with van der Waals surface area (Å²) in [6.45, 7) is 2.36. The van der Waals surface area contributed by atoms with Gasteiger partial charge >= 0.3 is 0 Å². The molecule has 0 aliphatic rings. The van der Waals surface area contributed by atoms with Gasteiger partial charge < -0.3 is 10.5 Å². The zero-order chi connectivity index (χ0) is 13.0. The van der Waals surface area contributed by atoms with Crippen molar-refractivity contribution in [3.63, 3.8) is 0 Å². The van der Waals surface area contributed by atoms with E-state index in [4.69, 9.17) is 10.5 Å². The van der Waals surface area contributed by atoms with E-state index in [2.05, 4.69) is 0 Å². The van der Waals surface area contributed by atoms with Crippen molar-refractivity contribution in [1.29, 1.82) is 0 Å². The first-order valence-electron chi connectivity index (χ1n) is 5.88. The zero-order valence-corrected chi connectivity index (χ0v) is 10.3. The Bertz CT molecular complexity index is 527. The van der Waals surface area contributed by atoms with E-state index in [1.54, 1.807) is 12.1 Å². The molecule has 0 heterocycles. The number of hydrogen-bond acceptors (Lipinski definition) is 2. The summed E-state index contributed by atoms with van der Waals surface area (Å²) in [4.78, 5) is 0. The predicted molar refractivity (Wildman–Crippen MR) is 70.0 cm³/mol. The molecule has 3 heteroatoms. The van der Waals surface area contributed by atoms with Crippen LogP contribution in [-0.4, -0.2) is 6.54 Å². The highest BCUT2D eigenvalue weighted by Gasteiger charge is 2.11. The van der Waals surface area contributed by atoms with Gasteiger partial charge in [0.05, 0.1) is 0 Å². The van der Waals surface area contributed by atoms with Crippen LogP contribution in [0, 0.1) is 12.7 Å². The largest absolute Gasteiger partial charge is 0.484 e. The summed E-state index contributed by atoms with van der Waals surface area (Å²) in [5.41, 5.74) is 7.87. The molecule has 0 spiro atoms. The first kappa shape index (κ1) is 12.6. The molecule has 2 nitrogen and oxygen atoms in total. The van der Waals surface area contributed by atoms with Gasteiger partial charge in [-0.2, -0.15) is 0 Å². The van der Waals surface area contributed by atoms with Crippen LogP contribution in [0.5, 0.6) is 5.75 Å². The molecule has 0 aromatic heterocycles. The van der Waals surface area contributed by atoms with E-state index in [9.17, 15) is 4.39 Å². The molecule has 0 saturated heterocycles. The third-order valence-electron chi connectivity index (χ3n) is 2.70. The highest BCUT2D eigenvalue weighted by Crippen LogP contribution is 2.22. The van der Waals surface area contributed by atoms with Gasteiger partial charge in [-0.25, -0.2) is 4.39 Å². The molecule has 0 amide bonds. The second-order valence-corrected chi connectivity index (χ2v) is 4.21. The SMILES string of the molecule is Cc1cccc(C(CN)Oc2cccc(F)c2)c1. The van der Waals surface area contributed by atoms with E-state index in [1.165, 1.54) is 12.1 Å². The average molecular weight is 245 g/mol. The van der Waals surface area contributed by atoms with Crippen LogP contribution in [0.3, 0.4) is 0 Å². The van der Waals surface area contributed by atoms with E-state index < -0.39 is 0 Å². The molecule has 0 fully saturated rings. The lowest BCUT2D eigenvalue weighted by Crippen LogP contribution is -2.18. The highest BCUT2D eigenvalue weighted by molar-refractivity contribution is 5.27. The van der Waals surface area contributed by atoms with Crippen molar-refractivity contribution in [2.45, 2.75) is 13.0 Å². The molecule has 94 valence electrons. The van der Waals surface area contributed by atoms with Crippen LogP contribution in [-0.2, 0) is 0 Å². The Labute approximate surface area is 106 Å². The molecule has 1 atom stereocenters. The summed E-state index contributed by atoms with van der Waals surface area (Å²) in [7, 11) is 0. The molecule has 0 saturated carbocycles. The fourth-order valence-corrected chi connectivity index (χ4v) is 1.83. The average Bonchev–Trinajstić information content (AvgIpc) is 2.36. The zero-order valence-electron chi connectivity index (χ0n) is 10.3. The number of aryl methyl sites for hydroxylation is 1. The van der Waals surface area contributed by atoms with Gasteiger partial charge in [0.15, 0.2) is 0 Å². The molecule has 18 heavy (non-hydrogen) atoms. The maximum absolute atomic E-state index is 13.1. The molecule has 2 N–H and O–H groups in total. The van der Waals surface area contributed by atoms with E-state index in [1.807, 2.05) is 31.2 Å². The van der Waals surface area contributed by atoms with Crippen molar-refractivity contribution in [1.82, 2.24) is 0 Å². The first-order valence-corrected chi connectivity index (χ1v) is 5.88. The Kier molecular flexibility index (Phi) is 3.95. The van der Waals surface area contributed by atoms with E-state index in [0.29, 0.717) is 12.3 Å². The van der Waals surface area contributed by atoms with Crippen LogP contribution in [0.1, 0.15) is 17.2 Å². The molecule has 1 unspecified atom stereocenters. The van der Waals surface area contributed by atoms with Gasteiger partial charge in [0.2, 0.25) is 0 Å². The molecule has 0 aliphatic carbocycles. The van der Waals surface area contributed by atoms with Crippen LogP contribution in [0.15, 0.2) is 48.5 Å². The number of hydrogen-bond donors (Lipinski definition) is 1. The maximum Gasteiger partial charge on any atom is 0.136 e. The molecular formula is C15H16FNO. The van der Waals surface area contributed by atoms with Gasteiger partial charge in [0.1, 0.15) is 17.7 Å². The van der Waals surface area contributed by atoms with Gasteiger partial charge in [-0.1, -0.05) is 35.9 Å². The minimum absolute atomic E-state index is 0.258. The Balaban J connectivity index is 2.19. The quantitative estimate of drug-likeness (QED) is 0.897. The first-order chi connectivity index (χ1) is 8.69. The summed E-state index contributed by atoms with van der Waals surface area (Å²) < 4.78 is 18.8. The molecular weight excluding hydrogens is 229 g/mol. The van der Waals surface area contributed by atoms with Crippen LogP contribution < -0.4 is 10.5 Å². The Morgan fingerprint density at radius 3 is 2.61 bits per heavy atom. The van der Waals surface area contributed by atoms with Crippen molar-refractivity contribution in [3.05, 3.63) is 65.5 Å². The van der Waals surface area contributed by atoms with E-state index in [-0.39, 0.29) is 11.9 Å². The van der Waals surface area contributed by atoms with Crippen molar-refractivity contribution in [3.8, 4) is 5.75 Å². The van der Waals surface area contributed by atoms with Crippen molar-refractivity contribution < 1.29 is 9.13 Å². The predicted octanol–water partition coefficient (Wildman–Crippen LogP) is 3.21. The fourth-order valence-electron chi connectivity index (χ4n) is 1.83. The summed E-state index contributed by atoms with van der Waals surface area (Å²) in [5.74, 6) is 0.180. The van der Waals surface area contributed by atoms with Crippen molar-refractivity contribution in [2.24, 2.45) is 5.73 Å². The molecule has 2 aromatic rings. The Morgan fingerprint density at radius 2 is 1.94 bits per heavy atom. The van der Waals surface area contributed by atoms with Crippen LogP contribution in [0.25, 0.3) is 0 Å². The van der Waals surface area contributed by atoms with Crippen LogP contribution >= 0.6 is 0 Å². The molecule has 0 radical (unpaired) electrons. The number of nitrogens with two attached hydrogens (primary N) is 1. The standard InChI is InChI=1S/C15H16FNO/c1-11-4-2-5-12(8-11)15(10-17)18-14-7-3-6-13(16)9-14/h2-9,15H,10,17H2,1H3. The lowest BCUT2D eigenvalue weighted by atomic mass is 10.1. The number of benzene rings is 2. The third-order valence-corrected chi connectivity index (χ3v) is 2.70. The molecule has 0 bridgehead atoms. The number of ether oxygens (including phenoxy) is 1. The normalized spacial score (nSPS) is 12.2. The minimum Gasteiger partial charge on any atom is -0.484 e. The van der Waals surface area contributed by atoms with Gasteiger partial charge in [0.25, 0.3) is 0 Å². The maximum atomic E-state index is 13.1. The third kappa shape index (κ3) is 3.08. The summed E-state index contributed by atoms with van der Waals surface area (Å²) in [6.07, 6.45) is -0.258. The Hall–Kier alpha value is -1.87. The molecule has 2 aromatic carbocycles. The number of rotatable bonds is 4. The smallest absolute Gasteiger partial charge is 0.136 e. The number of halogens is 1.